The van der Waals surface area contributed by atoms with Gasteiger partial charge in [-0.05, 0) is 148 Å². The summed E-state index contributed by atoms with van der Waals surface area (Å²) in [6.07, 6.45) is 6.59. The van der Waals surface area contributed by atoms with Gasteiger partial charge in [0.25, 0.3) is 0 Å². The summed E-state index contributed by atoms with van der Waals surface area (Å²) < 4.78 is 0. The molecule has 0 aromatic heterocycles. The summed E-state index contributed by atoms with van der Waals surface area (Å²) in [5.74, 6) is 0.571. The molecule has 2 aliphatic heterocycles. The summed E-state index contributed by atoms with van der Waals surface area (Å²) >= 11 is 3.67. The fraction of sp³-hybridized carbons (Fsp3) is 0.0625. The lowest BCUT2D eigenvalue weighted by Crippen LogP contribution is -2.15. The molecular formula is C64H44N2O2S2. The van der Waals surface area contributed by atoms with Crippen molar-refractivity contribution in [2.75, 3.05) is 10.6 Å². The van der Waals surface area contributed by atoms with Crippen LogP contribution in [-0.2, 0) is 0 Å². The maximum absolute atomic E-state index is 10.4. The molecule has 14 rings (SSSR count). The van der Waals surface area contributed by atoms with Crippen LogP contribution in [0.1, 0.15) is 29.3 Å². The van der Waals surface area contributed by atoms with Crippen molar-refractivity contribution in [3.05, 3.63) is 223 Å². The lowest BCUT2D eigenvalue weighted by Gasteiger charge is -2.27. The van der Waals surface area contributed by atoms with E-state index in [1.54, 1.807) is 12.1 Å². The van der Waals surface area contributed by atoms with Crippen LogP contribution in [-0.4, -0.2) is 15.6 Å². The monoisotopic (exact) mass is 936 g/mol. The summed E-state index contributed by atoms with van der Waals surface area (Å²) in [6.45, 7) is 0. The van der Waals surface area contributed by atoms with Crippen molar-refractivity contribution in [3.63, 3.8) is 0 Å². The van der Waals surface area contributed by atoms with Crippen LogP contribution in [0.3, 0.4) is 0 Å². The van der Waals surface area contributed by atoms with Crippen molar-refractivity contribution < 1.29 is 10.2 Å². The first kappa shape index (κ1) is 41.1. The minimum atomic E-state index is 0.0253. The number of phenols is 2. The van der Waals surface area contributed by atoms with Crippen molar-refractivity contribution in [3.8, 4) is 44.9 Å². The number of aromatic hydroxyl groups is 2. The third kappa shape index (κ3) is 6.62. The summed E-state index contributed by atoms with van der Waals surface area (Å²) in [4.78, 5) is 2.36. The fourth-order valence-corrected chi connectivity index (χ4v) is 14.0. The number of thioether (sulfide) groups is 2. The Morgan fingerprint density at radius 1 is 0.386 bits per heavy atom. The van der Waals surface area contributed by atoms with Gasteiger partial charge in [0.05, 0.1) is 5.37 Å². The van der Waals surface area contributed by atoms with Gasteiger partial charge in [0.1, 0.15) is 16.9 Å². The van der Waals surface area contributed by atoms with Gasteiger partial charge in [-0.25, -0.2) is 0 Å². The smallest absolute Gasteiger partial charge is 0.116 e. The van der Waals surface area contributed by atoms with Gasteiger partial charge in [0.2, 0.25) is 0 Å². The van der Waals surface area contributed by atoms with E-state index in [0.29, 0.717) is 5.75 Å². The molecule has 4 nitrogen and oxygen atoms in total. The first-order chi connectivity index (χ1) is 34.5. The minimum Gasteiger partial charge on any atom is -0.508 e. The van der Waals surface area contributed by atoms with Crippen molar-refractivity contribution in [2.45, 2.75) is 33.4 Å². The van der Waals surface area contributed by atoms with E-state index in [1.807, 2.05) is 47.8 Å². The molecule has 0 saturated carbocycles. The third-order valence-electron chi connectivity index (χ3n) is 14.6. The highest BCUT2D eigenvalue weighted by molar-refractivity contribution is 8.01. The molecule has 70 heavy (non-hydrogen) atoms. The Labute approximate surface area is 414 Å². The van der Waals surface area contributed by atoms with Crippen molar-refractivity contribution in [2.24, 2.45) is 0 Å². The van der Waals surface area contributed by atoms with Crippen LogP contribution in [0.2, 0.25) is 0 Å². The quantitative estimate of drug-likeness (QED) is 0.125. The third-order valence-corrected chi connectivity index (χ3v) is 17.2. The molecule has 0 fully saturated rings. The van der Waals surface area contributed by atoms with E-state index in [4.69, 9.17) is 0 Å². The highest BCUT2D eigenvalue weighted by atomic mass is 32.2. The van der Waals surface area contributed by atoms with Crippen molar-refractivity contribution in [1.29, 1.82) is 0 Å². The Hall–Kier alpha value is -7.90. The van der Waals surface area contributed by atoms with Gasteiger partial charge in [0.15, 0.2) is 0 Å². The zero-order chi connectivity index (χ0) is 46.5. The number of anilines is 2. The largest absolute Gasteiger partial charge is 0.508 e. The predicted octanol–water partition coefficient (Wildman–Crippen LogP) is 17.7. The summed E-state index contributed by atoms with van der Waals surface area (Å²) in [5.41, 5.74) is 14.7. The second-order valence-corrected chi connectivity index (χ2v) is 20.8. The first-order valence-electron chi connectivity index (χ1n) is 23.9. The molecule has 0 saturated heterocycles. The number of benzene rings is 11. The lowest BCUT2D eigenvalue weighted by atomic mass is 9.76. The molecule has 3 aliphatic rings. The average molecular weight is 937 g/mol. The van der Waals surface area contributed by atoms with Crippen LogP contribution in [0.4, 0.5) is 11.4 Å². The molecule has 0 radical (unpaired) electrons. The van der Waals surface area contributed by atoms with Gasteiger partial charge in [0, 0.05) is 31.9 Å². The van der Waals surface area contributed by atoms with Crippen LogP contribution in [0.25, 0.3) is 92.8 Å². The molecule has 0 bridgehead atoms. The summed E-state index contributed by atoms with van der Waals surface area (Å²) in [7, 11) is 0. The number of phenolic OH excluding ortho intramolecular Hbond substituents is 2. The first-order valence-corrected chi connectivity index (χ1v) is 25.7. The topological polar surface area (TPSA) is 64.5 Å². The highest BCUT2D eigenvalue weighted by Gasteiger charge is 2.31. The Morgan fingerprint density at radius 3 is 1.34 bits per heavy atom. The van der Waals surface area contributed by atoms with Gasteiger partial charge < -0.3 is 20.8 Å². The van der Waals surface area contributed by atoms with Crippen LogP contribution in [0, 0.1) is 0 Å². The van der Waals surface area contributed by atoms with E-state index >= 15 is 0 Å². The van der Waals surface area contributed by atoms with E-state index in [-0.39, 0.29) is 16.5 Å². The molecule has 6 heteroatoms. The Morgan fingerprint density at radius 2 is 0.829 bits per heavy atom. The van der Waals surface area contributed by atoms with E-state index < -0.39 is 0 Å². The van der Waals surface area contributed by atoms with Crippen LogP contribution < -0.4 is 10.6 Å². The summed E-state index contributed by atoms with van der Waals surface area (Å²) in [5, 5.41) is 40.5. The zero-order valence-electron chi connectivity index (χ0n) is 37.9. The van der Waals surface area contributed by atoms with Crippen LogP contribution >= 0.6 is 23.5 Å². The highest BCUT2D eigenvalue weighted by Crippen LogP contribution is 2.55. The lowest BCUT2D eigenvalue weighted by molar-refractivity contribution is 0.475. The molecule has 0 spiro atoms. The Balaban J connectivity index is 0.991. The number of hydrogen-bond donors (Lipinski definition) is 4. The molecular weight excluding hydrogens is 893 g/mol. The van der Waals surface area contributed by atoms with Gasteiger partial charge in [-0.15, -0.1) is 0 Å². The van der Waals surface area contributed by atoms with Gasteiger partial charge in [-0.1, -0.05) is 193 Å². The van der Waals surface area contributed by atoms with Gasteiger partial charge in [-0.2, -0.15) is 0 Å². The minimum absolute atomic E-state index is 0.0253. The molecule has 4 N–H and O–H groups in total. The van der Waals surface area contributed by atoms with Gasteiger partial charge >= 0.3 is 0 Å². The number of allylic oxidation sites excluding steroid dienone is 3. The van der Waals surface area contributed by atoms with Crippen LogP contribution in [0.5, 0.6) is 11.5 Å². The Bertz CT molecular complexity index is 4030. The molecule has 334 valence electrons. The second-order valence-electron chi connectivity index (χ2n) is 18.6. The van der Waals surface area contributed by atoms with Gasteiger partial charge in [-0.3, -0.25) is 0 Å². The van der Waals surface area contributed by atoms with E-state index in [0.717, 1.165) is 45.8 Å². The number of fused-ring (bicyclic) bond motifs is 9. The Kier molecular flexibility index (Phi) is 9.61. The predicted molar refractivity (Wildman–Crippen MR) is 297 cm³/mol. The fourth-order valence-electron chi connectivity index (χ4n) is 11.4. The van der Waals surface area contributed by atoms with Crippen molar-refractivity contribution >= 4 is 94.3 Å². The second kappa shape index (κ2) is 16.4. The van der Waals surface area contributed by atoms with E-state index in [2.05, 4.69) is 181 Å². The molecule has 0 amide bonds. The standard InChI is InChI=1S/C64H44N2O2S2/c67-45-31-27-37-29-33-53-61(51(37)35-45)69-63(65-53)43-23-19-41(20-24-43)57-49-17-9-10-18-50(49)58(42-21-25-44(26-22-42)64-66-54-34-30-38-28-32-46(68)36-52(38)62(54)70-64)60-56(40-13-5-2-6-14-40)48-16-8-7-15-47(48)55(59(57)60)39-11-3-1-4-12-39/h1-21,23-25,27-36,63-68H,22,26H2. The van der Waals surface area contributed by atoms with Crippen LogP contribution in [0.15, 0.2) is 222 Å². The number of hydrogen-bond acceptors (Lipinski definition) is 6. The molecule has 2 atom stereocenters. The molecule has 11 aromatic carbocycles. The molecule has 11 aromatic rings. The van der Waals surface area contributed by atoms with E-state index in [1.165, 1.54) is 97.8 Å². The van der Waals surface area contributed by atoms with E-state index in [9.17, 15) is 10.2 Å². The SMILES string of the molecule is Oc1ccc2ccc3c(c2c1)SC(C1=CC=C(c2c4ccccc4c(-c4ccc(C5Nc6ccc7ccc(O)cc7c6S5)cc4)c4c(-c5ccccc5)c5ccccc5c(-c5ccccc5)c24)CC1)N3. The summed E-state index contributed by atoms with van der Waals surface area (Å²) in [6, 6.07) is 69.3. The normalized spacial score (nSPS) is 16.3. The number of rotatable bonds is 6. The molecule has 2 heterocycles. The average Bonchev–Trinajstić information content (AvgIpc) is 4.07. The maximum Gasteiger partial charge on any atom is 0.116 e. The molecule has 2 unspecified atom stereocenters. The number of nitrogens with one attached hydrogen (secondary N) is 2. The zero-order valence-corrected chi connectivity index (χ0v) is 39.5. The van der Waals surface area contributed by atoms with Crippen molar-refractivity contribution in [1.82, 2.24) is 0 Å². The maximum atomic E-state index is 10.4. The molecule has 1 aliphatic carbocycles.